The summed E-state index contributed by atoms with van der Waals surface area (Å²) in [6, 6.07) is 0.133. The summed E-state index contributed by atoms with van der Waals surface area (Å²) >= 11 is 0. The van der Waals surface area contributed by atoms with E-state index in [2.05, 4.69) is 15.0 Å². The van der Waals surface area contributed by atoms with E-state index in [4.69, 9.17) is 9.47 Å². The number of rotatable bonds is 7. The Bertz CT molecular complexity index is 578. The third kappa shape index (κ3) is 3.72. The van der Waals surface area contributed by atoms with E-state index in [1.807, 2.05) is 0 Å². The van der Waals surface area contributed by atoms with Gasteiger partial charge in [0.25, 0.3) is 0 Å². The second-order valence-corrected chi connectivity index (χ2v) is 7.36. The van der Waals surface area contributed by atoms with Crippen molar-refractivity contribution < 1.29 is 17.9 Å². The first-order valence-corrected chi connectivity index (χ1v) is 8.75. The van der Waals surface area contributed by atoms with Gasteiger partial charge in [-0.3, -0.25) is 4.72 Å². The van der Waals surface area contributed by atoms with Gasteiger partial charge >= 0.3 is 0 Å². The maximum absolute atomic E-state index is 12.1. The molecular formula is C12H20N4O4S. The molecule has 8 nitrogen and oxygen atoms in total. The van der Waals surface area contributed by atoms with Crippen LogP contribution in [0.15, 0.2) is 6.20 Å². The summed E-state index contributed by atoms with van der Waals surface area (Å²) in [6.07, 6.45) is 4.29. The minimum atomic E-state index is -3.48. The number of nitrogens with zero attached hydrogens (tertiary/aromatic N) is 3. The van der Waals surface area contributed by atoms with Gasteiger partial charge in [0, 0.05) is 13.7 Å². The van der Waals surface area contributed by atoms with Crippen molar-refractivity contribution in [3.05, 3.63) is 6.20 Å². The van der Waals surface area contributed by atoms with E-state index in [1.54, 1.807) is 18.0 Å². The number of methoxy groups -OCH3 is 1. The number of aromatic nitrogens is 3. The van der Waals surface area contributed by atoms with Crippen molar-refractivity contribution in [2.45, 2.75) is 31.4 Å². The Labute approximate surface area is 123 Å². The van der Waals surface area contributed by atoms with Crippen molar-refractivity contribution in [2.75, 3.05) is 30.8 Å². The summed E-state index contributed by atoms with van der Waals surface area (Å²) in [5.74, 6) is 0.554. The van der Waals surface area contributed by atoms with Crippen LogP contribution in [0.3, 0.4) is 0 Å². The fourth-order valence-corrected chi connectivity index (χ4v) is 3.85. The Morgan fingerprint density at radius 2 is 2.33 bits per heavy atom. The van der Waals surface area contributed by atoms with Crippen LogP contribution in [0.2, 0.25) is 0 Å². The molecule has 2 atom stereocenters. The van der Waals surface area contributed by atoms with Crippen molar-refractivity contribution in [1.82, 2.24) is 15.0 Å². The molecule has 0 amide bonds. The first kappa shape index (κ1) is 14.7. The van der Waals surface area contributed by atoms with Gasteiger partial charge in [-0.25, -0.2) is 13.1 Å². The average molecular weight is 316 g/mol. The van der Waals surface area contributed by atoms with E-state index < -0.39 is 10.0 Å². The molecule has 1 aliphatic carbocycles. The molecule has 1 aromatic rings. The first-order valence-electron chi connectivity index (χ1n) is 7.10. The molecule has 2 aliphatic rings. The summed E-state index contributed by atoms with van der Waals surface area (Å²) in [5, 5.41) is 7.82. The molecule has 1 N–H and O–H groups in total. The van der Waals surface area contributed by atoms with E-state index in [0.29, 0.717) is 19.1 Å². The summed E-state index contributed by atoms with van der Waals surface area (Å²) in [5.41, 5.74) is 0. The highest BCUT2D eigenvalue weighted by Gasteiger charge is 2.34. The molecule has 0 spiro atoms. The molecule has 0 bridgehead atoms. The highest BCUT2D eigenvalue weighted by molar-refractivity contribution is 7.92. The molecule has 1 aliphatic heterocycles. The number of hydrogen-bond donors (Lipinski definition) is 1. The molecule has 0 radical (unpaired) electrons. The quantitative estimate of drug-likeness (QED) is 0.782. The van der Waals surface area contributed by atoms with E-state index in [9.17, 15) is 8.42 Å². The van der Waals surface area contributed by atoms with Crippen LogP contribution in [-0.4, -0.2) is 55.6 Å². The van der Waals surface area contributed by atoms with Crippen LogP contribution in [0.1, 0.15) is 25.3 Å². The van der Waals surface area contributed by atoms with Gasteiger partial charge in [-0.1, -0.05) is 5.21 Å². The van der Waals surface area contributed by atoms with Crippen LogP contribution in [-0.2, 0) is 19.5 Å². The van der Waals surface area contributed by atoms with Crippen LogP contribution >= 0.6 is 0 Å². The number of sulfonamides is 1. The highest BCUT2D eigenvalue weighted by Crippen LogP contribution is 2.34. The smallest absolute Gasteiger partial charge is 0.236 e. The maximum atomic E-state index is 12.1. The zero-order valence-electron chi connectivity index (χ0n) is 11.9. The van der Waals surface area contributed by atoms with E-state index >= 15 is 0 Å². The van der Waals surface area contributed by atoms with Gasteiger partial charge < -0.3 is 9.47 Å². The lowest BCUT2D eigenvalue weighted by Gasteiger charge is -2.14. The molecule has 118 valence electrons. The van der Waals surface area contributed by atoms with Gasteiger partial charge in [-0.15, -0.1) is 5.10 Å². The van der Waals surface area contributed by atoms with Gasteiger partial charge in [0.05, 0.1) is 30.7 Å². The normalized spacial score (nSPS) is 24.1. The Morgan fingerprint density at radius 3 is 2.95 bits per heavy atom. The first-order chi connectivity index (χ1) is 10.1. The number of nitrogens with one attached hydrogen (secondary N) is 1. The van der Waals surface area contributed by atoms with Gasteiger partial charge in [-0.05, 0) is 25.2 Å². The topological polar surface area (TPSA) is 95.3 Å². The zero-order valence-corrected chi connectivity index (χ0v) is 12.8. The second-order valence-electron chi connectivity index (χ2n) is 5.60. The lowest BCUT2D eigenvalue weighted by atomic mass is 10.3. The van der Waals surface area contributed by atoms with Crippen LogP contribution in [0.4, 0.5) is 5.82 Å². The van der Waals surface area contributed by atoms with Crippen LogP contribution in [0.5, 0.6) is 0 Å². The van der Waals surface area contributed by atoms with Crippen LogP contribution < -0.4 is 4.72 Å². The largest absolute Gasteiger partial charge is 0.380 e. The Kier molecular flexibility index (Phi) is 4.14. The molecule has 2 unspecified atom stereocenters. The maximum Gasteiger partial charge on any atom is 0.236 e. The monoisotopic (exact) mass is 316 g/mol. The third-order valence-electron chi connectivity index (χ3n) is 3.88. The highest BCUT2D eigenvalue weighted by atomic mass is 32.2. The summed E-state index contributed by atoms with van der Waals surface area (Å²) < 4.78 is 38.9. The van der Waals surface area contributed by atoms with Crippen LogP contribution in [0.25, 0.3) is 0 Å². The van der Waals surface area contributed by atoms with Gasteiger partial charge in [0.2, 0.25) is 10.0 Å². The zero-order chi connectivity index (χ0) is 14.9. The number of anilines is 1. The summed E-state index contributed by atoms with van der Waals surface area (Å²) in [6.45, 7) is 1.28. The van der Waals surface area contributed by atoms with E-state index in [-0.39, 0.29) is 23.7 Å². The predicted molar refractivity (Wildman–Crippen MR) is 75.4 cm³/mol. The third-order valence-corrected chi connectivity index (χ3v) is 5.17. The van der Waals surface area contributed by atoms with Crippen molar-refractivity contribution in [2.24, 2.45) is 5.92 Å². The lowest BCUT2D eigenvalue weighted by Crippen LogP contribution is -2.29. The molecule has 1 saturated carbocycles. The standard InChI is InChI=1S/C12H20N4O4S/c1-19-11(9-2-3-9)8-21(17,18)14-12-6-16(15-13-12)10-4-5-20-7-10/h6,9-11,14H,2-5,7-8H2,1H3. The van der Waals surface area contributed by atoms with Gasteiger partial charge in [0.1, 0.15) is 0 Å². The Morgan fingerprint density at radius 1 is 1.52 bits per heavy atom. The molecule has 3 rings (SSSR count). The van der Waals surface area contributed by atoms with Crippen molar-refractivity contribution in [3.63, 3.8) is 0 Å². The Hall–Kier alpha value is -1.19. The van der Waals surface area contributed by atoms with Crippen LogP contribution in [0, 0.1) is 5.92 Å². The molecule has 2 heterocycles. The van der Waals surface area contributed by atoms with E-state index in [0.717, 1.165) is 19.3 Å². The molecule has 1 saturated heterocycles. The average Bonchev–Trinajstić information content (AvgIpc) is 2.95. The molecule has 1 aromatic heterocycles. The molecule has 9 heteroatoms. The molecule has 2 fully saturated rings. The predicted octanol–water partition coefficient (Wildman–Crippen LogP) is 0.406. The summed E-state index contributed by atoms with van der Waals surface area (Å²) in [4.78, 5) is 0. The molecular weight excluding hydrogens is 296 g/mol. The molecule has 21 heavy (non-hydrogen) atoms. The van der Waals surface area contributed by atoms with Gasteiger partial charge in [-0.2, -0.15) is 0 Å². The fraction of sp³-hybridized carbons (Fsp3) is 0.833. The Balaban J connectivity index is 1.61. The van der Waals surface area contributed by atoms with E-state index in [1.165, 1.54) is 0 Å². The summed E-state index contributed by atoms with van der Waals surface area (Å²) in [7, 11) is -1.93. The van der Waals surface area contributed by atoms with Crippen molar-refractivity contribution in [1.29, 1.82) is 0 Å². The second kappa shape index (κ2) is 5.90. The fourth-order valence-electron chi connectivity index (χ4n) is 2.51. The molecule has 0 aromatic carbocycles. The SMILES string of the molecule is COC(CS(=O)(=O)Nc1cn(C2CCOC2)nn1)C1CC1. The lowest BCUT2D eigenvalue weighted by molar-refractivity contribution is 0.103. The van der Waals surface area contributed by atoms with Crippen molar-refractivity contribution in [3.8, 4) is 0 Å². The minimum Gasteiger partial charge on any atom is -0.380 e. The van der Waals surface area contributed by atoms with Gasteiger partial charge in [0.15, 0.2) is 5.82 Å². The van der Waals surface area contributed by atoms with Crippen molar-refractivity contribution >= 4 is 15.8 Å². The number of hydrogen-bond acceptors (Lipinski definition) is 6. The minimum absolute atomic E-state index is 0.0480. The number of ether oxygens (including phenoxy) is 2.